The van der Waals surface area contributed by atoms with Gasteiger partial charge in [0.05, 0.1) is 24.5 Å². The van der Waals surface area contributed by atoms with Gasteiger partial charge in [-0.2, -0.15) is 0 Å². The summed E-state index contributed by atoms with van der Waals surface area (Å²) in [5.41, 5.74) is 3.66. The van der Waals surface area contributed by atoms with Crippen molar-refractivity contribution in [2.45, 2.75) is 19.3 Å². The number of nitrogens with zero attached hydrogens (tertiary/aromatic N) is 1. The number of hydrogen-bond acceptors (Lipinski definition) is 4. The predicted octanol–water partition coefficient (Wildman–Crippen LogP) is 2.67. The number of amides is 2. The Labute approximate surface area is 164 Å². The van der Waals surface area contributed by atoms with Crippen LogP contribution in [-0.2, 0) is 22.4 Å². The van der Waals surface area contributed by atoms with Crippen LogP contribution in [0.25, 0.3) is 0 Å². The highest BCUT2D eigenvalue weighted by molar-refractivity contribution is 6.04. The largest absolute Gasteiger partial charge is 0.484 e. The SMILES string of the molecule is O=C(COc1ccc2c(c1)CCC2)Nc1ccccc1C(=O)N1CCOCC1. The first kappa shape index (κ1) is 18.5. The molecule has 4 rings (SSSR count). The monoisotopic (exact) mass is 380 g/mol. The average molecular weight is 380 g/mol. The van der Waals surface area contributed by atoms with Crippen LogP contribution in [0.2, 0.25) is 0 Å². The highest BCUT2D eigenvalue weighted by Crippen LogP contribution is 2.26. The summed E-state index contributed by atoms with van der Waals surface area (Å²) >= 11 is 0. The van der Waals surface area contributed by atoms with Crippen molar-refractivity contribution in [1.29, 1.82) is 0 Å². The van der Waals surface area contributed by atoms with E-state index < -0.39 is 0 Å². The molecule has 6 heteroatoms. The lowest BCUT2D eigenvalue weighted by molar-refractivity contribution is -0.118. The molecule has 0 spiro atoms. The molecular weight excluding hydrogens is 356 g/mol. The molecule has 0 atom stereocenters. The number of para-hydroxylation sites is 1. The van der Waals surface area contributed by atoms with E-state index in [4.69, 9.17) is 9.47 Å². The van der Waals surface area contributed by atoms with Crippen molar-refractivity contribution >= 4 is 17.5 Å². The topological polar surface area (TPSA) is 67.9 Å². The third kappa shape index (κ3) is 4.17. The van der Waals surface area contributed by atoms with Gasteiger partial charge in [0.1, 0.15) is 5.75 Å². The molecule has 0 aromatic heterocycles. The lowest BCUT2D eigenvalue weighted by Gasteiger charge is -2.27. The summed E-state index contributed by atoms with van der Waals surface area (Å²) in [6.07, 6.45) is 3.35. The van der Waals surface area contributed by atoms with Crippen LogP contribution >= 0.6 is 0 Å². The van der Waals surface area contributed by atoms with E-state index in [2.05, 4.69) is 11.4 Å². The van der Waals surface area contributed by atoms with Crippen LogP contribution in [0.4, 0.5) is 5.69 Å². The van der Waals surface area contributed by atoms with Crippen molar-refractivity contribution in [2.75, 3.05) is 38.2 Å². The maximum absolute atomic E-state index is 12.8. The number of anilines is 1. The minimum absolute atomic E-state index is 0.0983. The van der Waals surface area contributed by atoms with Gasteiger partial charge in [-0.15, -0.1) is 0 Å². The van der Waals surface area contributed by atoms with Crippen molar-refractivity contribution in [1.82, 2.24) is 4.90 Å². The van der Waals surface area contributed by atoms with Crippen LogP contribution in [0.5, 0.6) is 5.75 Å². The van der Waals surface area contributed by atoms with Crippen molar-refractivity contribution in [3.05, 3.63) is 59.2 Å². The zero-order valence-electron chi connectivity index (χ0n) is 15.8. The van der Waals surface area contributed by atoms with Crippen molar-refractivity contribution < 1.29 is 19.1 Å². The molecule has 2 aromatic rings. The quantitative estimate of drug-likeness (QED) is 0.866. The van der Waals surface area contributed by atoms with Gasteiger partial charge in [-0.05, 0) is 54.7 Å². The standard InChI is InChI=1S/C22H24N2O4/c25-21(15-28-18-9-8-16-4-3-5-17(16)14-18)23-20-7-2-1-6-19(20)22(26)24-10-12-27-13-11-24/h1-2,6-9,14H,3-5,10-13,15H2,(H,23,25). The number of carbonyl (C=O) groups excluding carboxylic acids is 2. The molecule has 0 unspecified atom stereocenters. The Kier molecular flexibility index (Phi) is 5.58. The molecule has 28 heavy (non-hydrogen) atoms. The lowest BCUT2D eigenvalue weighted by atomic mass is 10.1. The van der Waals surface area contributed by atoms with Gasteiger partial charge in [0.15, 0.2) is 6.61 Å². The van der Waals surface area contributed by atoms with Gasteiger partial charge in [-0.1, -0.05) is 18.2 Å². The Balaban J connectivity index is 1.38. The zero-order valence-corrected chi connectivity index (χ0v) is 15.8. The van der Waals surface area contributed by atoms with Crippen molar-refractivity contribution in [3.8, 4) is 5.75 Å². The Morgan fingerprint density at radius 1 is 1.04 bits per heavy atom. The van der Waals surface area contributed by atoms with Gasteiger partial charge < -0.3 is 19.7 Å². The number of benzene rings is 2. The van der Waals surface area contributed by atoms with Crippen LogP contribution < -0.4 is 10.1 Å². The second-order valence-electron chi connectivity index (χ2n) is 7.07. The fourth-order valence-corrected chi connectivity index (χ4v) is 3.69. The molecule has 1 aliphatic heterocycles. The molecule has 1 fully saturated rings. The Hall–Kier alpha value is -2.86. The fraction of sp³-hybridized carbons (Fsp3) is 0.364. The molecule has 2 aliphatic rings. The molecule has 2 aromatic carbocycles. The van der Waals surface area contributed by atoms with E-state index in [1.807, 2.05) is 12.1 Å². The number of ether oxygens (including phenoxy) is 2. The van der Waals surface area contributed by atoms with Crippen LogP contribution in [0.1, 0.15) is 27.9 Å². The Bertz CT molecular complexity index is 875. The number of carbonyl (C=O) groups is 2. The smallest absolute Gasteiger partial charge is 0.262 e. The normalized spacial score (nSPS) is 15.8. The van der Waals surface area contributed by atoms with E-state index in [1.54, 1.807) is 29.2 Å². The van der Waals surface area contributed by atoms with Gasteiger partial charge >= 0.3 is 0 Å². The molecule has 0 bridgehead atoms. The molecule has 0 radical (unpaired) electrons. The third-order valence-electron chi connectivity index (χ3n) is 5.17. The van der Waals surface area contributed by atoms with E-state index in [0.29, 0.717) is 43.3 Å². The van der Waals surface area contributed by atoms with Crippen LogP contribution in [0, 0.1) is 0 Å². The first-order valence-corrected chi connectivity index (χ1v) is 9.71. The fourth-order valence-electron chi connectivity index (χ4n) is 3.69. The van der Waals surface area contributed by atoms with Gasteiger partial charge in [-0.25, -0.2) is 0 Å². The van der Waals surface area contributed by atoms with Crippen molar-refractivity contribution in [2.24, 2.45) is 0 Å². The maximum Gasteiger partial charge on any atom is 0.262 e. The van der Waals surface area contributed by atoms with Gasteiger partial charge in [0.2, 0.25) is 0 Å². The molecule has 6 nitrogen and oxygen atoms in total. The highest BCUT2D eigenvalue weighted by Gasteiger charge is 2.21. The summed E-state index contributed by atoms with van der Waals surface area (Å²) < 4.78 is 11.0. The molecule has 146 valence electrons. The molecular formula is C22H24N2O4. The van der Waals surface area contributed by atoms with E-state index in [1.165, 1.54) is 17.5 Å². The third-order valence-corrected chi connectivity index (χ3v) is 5.17. The number of fused-ring (bicyclic) bond motifs is 1. The first-order valence-electron chi connectivity index (χ1n) is 9.71. The van der Waals surface area contributed by atoms with E-state index in [-0.39, 0.29) is 18.4 Å². The molecule has 1 saturated heterocycles. The van der Waals surface area contributed by atoms with E-state index in [9.17, 15) is 9.59 Å². The Morgan fingerprint density at radius 3 is 2.68 bits per heavy atom. The zero-order chi connectivity index (χ0) is 19.3. The molecule has 2 amide bonds. The van der Waals surface area contributed by atoms with Gasteiger partial charge in [0, 0.05) is 13.1 Å². The summed E-state index contributed by atoms with van der Waals surface area (Å²) in [5.74, 6) is 0.315. The van der Waals surface area contributed by atoms with Gasteiger partial charge in [-0.3, -0.25) is 9.59 Å². The first-order chi connectivity index (χ1) is 13.7. The second-order valence-corrected chi connectivity index (χ2v) is 7.07. The number of aryl methyl sites for hydroxylation is 2. The van der Waals surface area contributed by atoms with E-state index >= 15 is 0 Å². The minimum Gasteiger partial charge on any atom is -0.484 e. The number of nitrogens with one attached hydrogen (secondary N) is 1. The predicted molar refractivity (Wildman–Crippen MR) is 106 cm³/mol. The summed E-state index contributed by atoms with van der Waals surface area (Å²) in [4.78, 5) is 26.9. The number of hydrogen-bond donors (Lipinski definition) is 1. The average Bonchev–Trinajstić information content (AvgIpc) is 3.21. The van der Waals surface area contributed by atoms with Crippen LogP contribution in [0.3, 0.4) is 0 Å². The summed E-state index contributed by atoms with van der Waals surface area (Å²) in [7, 11) is 0. The lowest BCUT2D eigenvalue weighted by Crippen LogP contribution is -2.41. The highest BCUT2D eigenvalue weighted by atomic mass is 16.5. The van der Waals surface area contributed by atoms with Crippen LogP contribution in [-0.4, -0.2) is 49.6 Å². The number of morpholine rings is 1. The summed E-state index contributed by atoms with van der Waals surface area (Å²) in [6.45, 7) is 2.09. The Morgan fingerprint density at radius 2 is 1.82 bits per heavy atom. The molecule has 1 aliphatic carbocycles. The molecule has 0 saturated carbocycles. The molecule has 1 N–H and O–H groups in total. The summed E-state index contributed by atoms with van der Waals surface area (Å²) in [5, 5.41) is 2.81. The van der Waals surface area contributed by atoms with Crippen LogP contribution in [0.15, 0.2) is 42.5 Å². The second kappa shape index (κ2) is 8.44. The van der Waals surface area contributed by atoms with E-state index in [0.717, 1.165) is 12.8 Å². The van der Waals surface area contributed by atoms with Crippen molar-refractivity contribution in [3.63, 3.8) is 0 Å². The minimum atomic E-state index is -0.289. The summed E-state index contributed by atoms with van der Waals surface area (Å²) in [6, 6.07) is 13.1. The van der Waals surface area contributed by atoms with Gasteiger partial charge in [0.25, 0.3) is 11.8 Å². The maximum atomic E-state index is 12.8. The molecule has 1 heterocycles. The number of rotatable bonds is 5.